The maximum absolute atomic E-state index is 13.7. The number of fused-ring (bicyclic) bond motifs is 2. The summed E-state index contributed by atoms with van der Waals surface area (Å²) in [6.45, 7) is 15.9. The minimum Gasteiger partial charge on any atom is -0.344 e. The molecular weight excluding hydrogens is 913 g/mol. The quantitative estimate of drug-likeness (QED) is 0.0127. The first-order valence-electron chi connectivity index (χ1n) is 22.3. The van der Waals surface area contributed by atoms with E-state index in [1.165, 1.54) is 17.9 Å². The Labute approximate surface area is 404 Å². The Morgan fingerprint density at radius 2 is 1.49 bits per heavy atom. The molecule has 2 aliphatic rings. The van der Waals surface area contributed by atoms with E-state index in [1.807, 2.05) is 80.6 Å². The second kappa shape index (κ2) is 24.1. The van der Waals surface area contributed by atoms with Crippen LogP contribution in [0.3, 0.4) is 0 Å². The summed E-state index contributed by atoms with van der Waals surface area (Å²) in [5, 5.41) is 32.1. The van der Waals surface area contributed by atoms with E-state index in [0.717, 1.165) is 92.7 Å². The third-order valence-electron chi connectivity index (χ3n) is 12.0. The summed E-state index contributed by atoms with van der Waals surface area (Å²) in [5.41, 5.74) is 6.79. The van der Waals surface area contributed by atoms with Crippen molar-refractivity contribution in [1.29, 1.82) is 0 Å². The van der Waals surface area contributed by atoms with E-state index in [0.29, 0.717) is 13.0 Å². The first-order chi connectivity index (χ1) is 31.8. The van der Waals surface area contributed by atoms with Crippen molar-refractivity contribution >= 4 is 73.7 Å². The monoisotopic (exact) mass is 977 g/mol. The van der Waals surface area contributed by atoms with Crippen LogP contribution in [0.25, 0.3) is 0 Å². The summed E-state index contributed by atoms with van der Waals surface area (Å²) >= 11 is 1.86. The molecule has 17 heteroatoms. The van der Waals surface area contributed by atoms with Crippen LogP contribution in [0.15, 0.2) is 113 Å². The van der Waals surface area contributed by atoms with Crippen molar-refractivity contribution in [3.8, 4) is 0 Å². The minimum atomic E-state index is -2.49. The molecule has 4 N–H and O–H groups in total. The first kappa shape index (κ1) is 53.4. The van der Waals surface area contributed by atoms with Crippen LogP contribution in [-0.2, 0) is 59.9 Å². The number of nitrogens with zero attached hydrogens (tertiary/aromatic N) is 2. The molecule has 0 radical (unpaired) electrons. The molecule has 0 spiro atoms. The van der Waals surface area contributed by atoms with Crippen molar-refractivity contribution in [3.63, 3.8) is 0 Å². The number of ketones is 1. The van der Waals surface area contributed by atoms with Crippen LogP contribution in [0, 0.1) is 5.92 Å². The number of benzene rings is 3. The van der Waals surface area contributed by atoms with Gasteiger partial charge in [-0.1, -0.05) is 86.3 Å². The van der Waals surface area contributed by atoms with Crippen molar-refractivity contribution < 1.29 is 52.4 Å². The Balaban J connectivity index is 1.29. The number of nitrogens with one attached hydrogen (secondary N) is 2. The molecule has 14 nitrogen and oxygen atoms in total. The molecule has 0 saturated carbocycles. The molecule has 67 heavy (non-hydrogen) atoms. The van der Waals surface area contributed by atoms with Crippen molar-refractivity contribution in [2.75, 3.05) is 30.5 Å². The molecule has 5 rings (SSSR count). The van der Waals surface area contributed by atoms with Gasteiger partial charge in [0, 0.05) is 88.0 Å². The number of carbonyl (C=O) groups is 3. The number of hydrogen-bond donors (Lipinski definition) is 4. The normalized spacial score (nSPS) is 16.8. The molecule has 2 aliphatic heterocycles. The van der Waals surface area contributed by atoms with Crippen molar-refractivity contribution in [2.45, 2.75) is 113 Å². The van der Waals surface area contributed by atoms with Gasteiger partial charge in [-0.05, 0) is 96.6 Å². The van der Waals surface area contributed by atoms with Crippen LogP contribution in [0.2, 0.25) is 0 Å². The van der Waals surface area contributed by atoms with Gasteiger partial charge in [0.2, 0.25) is 17.5 Å². The lowest BCUT2D eigenvalue weighted by atomic mass is 9.81. The molecule has 3 aromatic carbocycles. The van der Waals surface area contributed by atoms with Crippen LogP contribution in [0.4, 0.5) is 11.4 Å². The molecule has 0 bridgehead atoms. The summed E-state index contributed by atoms with van der Waals surface area (Å²) in [7, 11) is -2.49. The van der Waals surface area contributed by atoms with E-state index in [1.54, 1.807) is 0 Å². The lowest BCUT2D eigenvalue weighted by Gasteiger charge is -2.25. The predicted molar refractivity (Wildman–Crippen MR) is 268 cm³/mol. The number of anilines is 1. The number of amides is 2. The van der Waals surface area contributed by atoms with Gasteiger partial charge in [0.25, 0.3) is 0 Å². The van der Waals surface area contributed by atoms with E-state index in [2.05, 4.69) is 99.5 Å². The topological polar surface area (TPSA) is 176 Å². The third-order valence-corrected chi connectivity index (χ3v) is 13.9. The number of carbonyl (C=O) groups excluding carboxylic acids is 3. The Hall–Kier alpha value is -4.56. The Morgan fingerprint density at radius 3 is 2.12 bits per heavy atom. The summed E-state index contributed by atoms with van der Waals surface area (Å²) in [4.78, 5) is 44.1. The zero-order valence-electron chi connectivity index (χ0n) is 39.8. The molecule has 2 heterocycles. The van der Waals surface area contributed by atoms with E-state index >= 15 is 0 Å². The van der Waals surface area contributed by atoms with Gasteiger partial charge in [-0.25, -0.2) is 10.5 Å². The molecule has 362 valence electrons. The number of likely N-dealkylation sites (N-methyl/N-ethyl adjacent to an activating group) is 1. The molecule has 2 atom stereocenters. The number of hydrogen-bond acceptors (Lipinski definition) is 13. The van der Waals surface area contributed by atoms with Crippen LogP contribution >= 0.6 is 24.1 Å². The average molecular weight is 978 g/mol. The molecular formula is C50H65N4O10S3+. The highest BCUT2D eigenvalue weighted by atomic mass is 32.2. The highest BCUT2D eigenvalue weighted by Gasteiger charge is 2.44. The fourth-order valence-electron chi connectivity index (χ4n) is 8.69. The second-order valence-electron chi connectivity index (χ2n) is 18.3. The summed E-state index contributed by atoms with van der Waals surface area (Å²) < 4.78 is 24.2. The standard InChI is InChI=1S/C50H64N4O10S3/c1-10-53-41-27-25-36(65-63-61-58)31-38(41)49(4,5)44(53)22-16-12-17-23-45-50(6,7)39-32-37(66-64-62-59)26-28-42(39)54(45)29-19-13-18-24-46(56)51-40(30-35-20-14-11-15-21-35)48(57)52-47(34(2)3)43(55)33-67(8,9)60/h11-12,14-17,20-23,25-28,31-34,40,47H,10,13,18-19,24,29-30H2,1-9H3,(H3-,51,52,56,57,58,59)/p+1/t40-,47-/m0/s1. The van der Waals surface area contributed by atoms with Crippen molar-refractivity contribution in [1.82, 2.24) is 10.6 Å². The van der Waals surface area contributed by atoms with Gasteiger partial charge < -0.3 is 15.5 Å². The van der Waals surface area contributed by atoms with Gasteiger partial charge in [0.05, 0.1) is 35.5 Å². The molecule has 0 saturated heterocycles. The zero-order valence-corrected chi connectivity index (χ0v) is 42.2. The molecule has 2 amide bonds. The lowest BCUT2D eigenvalue weighted by Crippen LogP contribution is -2.54. The Kier molecular flexibility index (Phi) is 19.2. The Morgan fingerprint density at radius 1 is 0.836 bits per heavy atom. The van der Waals surface area contributed by atoms with Crippen molar-refractivity contribution in [3.05, 3.63) is 119 Å². The summed E-state index contributed by atoms with van der Waals surface area (Å²) in [5.74, 6) is -1.42. The largest absolute Gasteiger partial charge is 0.344 e. The number of allylic oxidation sites excluding steroid dienone is 6. The molecule has 3 aromatic rings. The smallest absolute Gasteiger partial charge is 0.243 e. The predicted octanol–water partition coefficient (Wildman–Crippen LogP) is 9.08. The highest BCUT2D eigenvalue weighted by Crippen LogP contribution is 2.49. The zero-order chi connectivity index (χ0) is 48.9. The van der Waals surface area contributed by atoms with E-state index in [-0.39, 0.29) is 30.1 Å². The highest BCUT2D eigenvalue weighted by molar-refractivity contribution is 8.01. The van der Waals surface area contributed by atoms with Crippen LogP contribution in [-0.4, -0.2) is 85.7 Å². The molecule has 0 unspecified atom stereocenters. The SMILES string of the molecule is CCN1/C(=C/C=C/C=C/C2=[N+](CCCCCC(=O)N[C@@H](Cc3ccccc3)C(=O)N[C@H](C(=O)C=S(C)(C)=O)C(C)C)c3ccc(SOOO)cc3C2(C)C)C(C)(C)c2cc(SOOO)ccc21. The van der Waals surface area contributed by atoms with Gasteiger partial charge in [-0.2, -0.15) is 4.58 Å². The maximum atomic E-state index is 13.7. The summed E-state index contributed by atoms with van der Waals surface area (Å²) in [6.07, 6.45) is 15.9. The molecule has 0 fully saturated rings. The van der Waals surface area contributed by atoms with E-state index in [9.17, 15) is 18.6 Å². The van der Waals surface area contributed by atoms with Gasteiger partial charge >= 0.3 is 0 Å². The average Bonchev–Trinajstić information content (AvgIpc) is 3.62. The Bertz CT molecular complexity index is 2490. The van der Waals surface area contributed by atoms with Crippen molar-refractivity contribution in [2.24, 2.45) is 5.92 Å². The van der Waals surface area contributed by atoms with Gasteiger partial charge in [-0.15, -0.1) is 8.67 Å². The first-order valence-corrected chi connectivity index (χ1v) is 26.3. The molecule has 0 aromatic heterocycles. The van der Waals surface area contributed by atoms with Gasteiger partial charge in [0.15, 0.2) is 11.5 Å². The van der Waals surface area contributed by atoms with Crippen LogP contribution in [0.5, 0.6) is 0 Å². The van der Waals surface area contributed by atoms with Gasteiger partial charge in [0.1, 0.15) is 12.6 Å². The maximum Gasteiger partial charge on any atom is 0.243 e. The fraction of sp³-hybridized carbons (Fsp3) is 0.420. The summed E-state index contributed by atoms with van der Waals surface area (Å²) in [6, 6.07) is 19.6. The fourth-order valence-corrected chi connectivity index (χ4v) is 10.2. The molecule has 0 aliphatic carbocycles. The third kappa shape index (κ3) is 14.0. The van der Waals surface area contributed by atoms with Crippen LogP contribution < -0.4 is 15.5 Å². The minimum absolute atomic E-state index is 0.212. The second-order valence-corrected chi connectivity index (χ2v) is 22.7. The number of rotatable bonds is 24. The number of Topliss-reactive ketones (excluding diaryl/α,β-unsaturated/α-hetero) is 1. The lowest BCUT2D eigenvalue weighted by molar-refractivity contribution is -0.438. The number of unbranched alkanes of at least 4 members (excludes halogenated alkanes) is 2. The van der Waals surface area contributed by atoms with E-state index < -0.39 is 38.7 Å². The van der Waals surface area contributed by atoms with Crippen LogP contribution in [0.1, 0.15) is 90.8 Å². The van der Waals surface area contributed by atoms with Gasteiger partial charge in [-0.3, -0.25) is 18.6 Å². The van der Waals surface area contributed by atoms with E-state index in [4.69, 9.17) is 14.8 Å².